The molecular weight excluding hydrogens is 556 g/mol. The molecule has 0 saturated heterocycles. The summed E-state index contributed by atoms with van der Waals surface area (Å²) < 4.78 is 7.96. The molecule has 0 radical (unpaired) electrons. The summed E-state index contributed by atoms with van der Waals surface area (Å²) in [7, 11) is 1.61. The summed E-state index contributed by atoms with van der Waals surface area (Å²) in [6.45, 7) is 8.95. The van der Waals surface area contributed by atoms with Gasteiger partial charge in [-0.3, -0.25) is 14.2 Å². The van der Waals surface area contributed by atoms with Crippen molar-refractivity contribution in [1.29, 1.82) is 0 Å². The maximum atomic E-state index is 14.4. The zero-order chi connectivity index (χ0) is 30.2. The lowest BCUT2D eigenvalue weighted by Crippen LogP contribution is -2.43. The normalized spacial score (nSPS) is 15.0. The van der Waals surface area contributed by atoms with E-state index < -0.39 is 6.04 Å². The Morgan fingerprint density at radius 1 is 1.02 bits per heavy atom. The minimum absolute atomic E-state index is 0.130. The standard InChI is InChI=1S/C35H34N4O3S/c1-6-38(7-2)34(41)29-22(4)36-35-39(32(29)25-17-11-12-19-27(25)42-5)33(40)28(43-35)20-26-24-18-13-14-21(3)30(24)37-31(26)23-15-9-8-10-16-23/h8-20,32,37H,6-7H2,1-5H3/b28-20+/t32-/m0/s1. The first-order valence-corrected chi connectivity index (χ1v) is 15.3. The zero-order valence-corrected chi connectivity index (χ0v) is 25.8. The van der Waals surface area contributed by atoms with Gasteiger partial charge in [0.2, 0.25) is 0 Å². The van der Waals surface area contributed by atoms with Crippen LogP contribution in [0.3, 0.4) is 0 Å². The van der Waals surface area contributed by atoms with E-state index in [0.29, 0.717) is 39.4 Å². The molecule has 2 aromatic heterocycles. The second-order valence-corrected chi connectivity index (χ2v) is 11.6. The Labute approximate surface area is 254 Å². The third-order valence-electron chi connectivity index (χ3n) is 8.16. The van der Waals surface area contributed by atoms with Gasteiger partial charge in [0.25, 0.3) is 11.5 Å². The van der Waals surface area contributed by atoms with Crippen molar-refractivity contribution in [2.75, 3.05) is 20.2 Å². The van der Waals surface area contributed by atoms with Crippen molar-refractivity contribution < 1.29 is 9.53 Å². The van der Waals surface area contributed by atoms with E-state index in [-0.39, 0.29) is 11.5 Å². The van der Waals surface area contributed by atoms with Crippen molar-refractivity contribution in [3.8, 4) is 17.0 Å². The molecule has 0 saturated carbocycles. The molecule has 0 unspecified atom stereocenters. The quantitative estimate of drug-likeness (QED) is 0.269. The maximum absolute atomic E-state index is 14.4. The molecule has 7 nitrogen and oxygen atoms in total. The fraction of sp³-hybridized carbons (Fsp3) is 0.229. The summed E-state index contributed by atoms with van der Waals surface area (Å²) in [6.07, 6.45) is 1.97. The molecule has 3 heterocycles. The molecule has 3 aromatic carbocycles. The minimum Gasteiger partial charge on any atom is -0.496 e. The van der Waals surface area contributed by atoms with Gasteiger partial charge in [-0.1, -0.05) is 78.1 Å². The summed E-state index contributed by atoms with van der Waals surface area (Å²) in [5.41, 5.74) is 6.73. The minimum atomic E-state index is -0.679. The smallest absolute Gasteiger partial charge is 0.271 e. The highest BCUT2D eigenvalue weighted by molar-refractivity contribution is 7.07. The van der Waals surface area contributed by atoms with Crippen LogP contribution in [-0.2, 0) is 4.79 Å². The van der Waals surface area contributed by atoms with E-state index in [9.17, 15) is 9.59 Å². The summed E-state index contributed by atoms with van der Waals surface area (Å²) >= 11 is 1.34. The number of benzene rings is 3. The molecule has 1 amide bonds. The van der Waals surface area contributed by atoms with Crippen molar-refractivity contribution in [1.82, 2.24) is 14.5 Å². The van der Waals surface area contributed by atoms with Gasteiger partial charge in [0, 0.05) is 35.1 Å². The topological polar surface area (TPSA) is 79.7 Å². The molecule has 0 fully saturated rings. The highest BCUT2D eigenvalue weighted by atomic mass is 32.1. The van der Waals surface area contributed by atoms with Crippen LogP contribution in [0.2, 0.25) is 0 Å². The van der Waals surface area contributed by atoms with Crippen LogP contribution in [-0.4, -0.2) is 40.6 Å². The number of amides is 1. The van der Waals surface area contributed by atoms with Gasteiger partial charge in [-0.15, -0.1) is 0 Å². The number of thiazole rings is 1. The Kier molecular flexibility index (Phi) is 7.62. The number of allylic oxidation sites excluding steroid dienone is 1. The Balaban J connectivity index is 1.64. The molecule has 0 aliphatic carbocycles. The molecule has 1 atom stereocenters. The van der Waals surface area contributed by atoms with E-state index >= 15 is 0 Å². The number of H-pyrrole nitrogens is 1. The second kappa shape index (κ2) is 11.5. The fourth-order valence-electron chi connectivity index (χ4n) is 5.96. The predicted octanol–water partition coefficient (Wildman–Crippen LogP) is 5.57. The van der Waals surface area contributed by atoms with E-state index in [4.69, 9.17) is 9.73 Å². The first-order valence-electron chi connectivity index (χ1n) is 14.5. The third-order valence-corrected chi connectivity index (χ3v) is 9.14. The lowest BCUT2D eigenvalue weighted by molar-refractivity contribution is -0.127. The largest absolute Gasteiger partial charge is 0.496 e. The Morgan fingerprint density at radius 2 is 1.74 bits per heavy atom. The van der Waals surface area contributed by atoms with Crippen LogP contribution in [0.4, 0.5) is 0 Å². The molecule has 8 heteroatoms. The number of aromatic nitrogens is 2. The van der Waals surface area contributed by atoms with Gasteiger partial charge in [-0.2, -0.15) is 0 Å². The molecule has 43 heavy (non-hydrogen) atoms. The molecule has 6 rings (SSSR count). The van der Waals surface area contributed by atoms with Gasteiger partial charge < -0.3 is 14.6 Å². The third kappa shape index (κ3) is 4.81. The van der Waals surface area contributed by atoms with E-state index in [1.165, 1.54) is 11.3 Å². The number of methoxy groups -OCH3 is 1. The number of likely N-dealkylation sites (N-methyl/N-ethyl adjacent to an activating group) is 1. The zero-order valence-electron chi connectivity index (χ0n) is 25.0. The number of ether oxygens (including phenoxy) is 1. The first kappa shape index (κ1) is 28.4. The number of nitrogens with one attached hydrogen (secondary N) is 1. The van der Waals surface area contributed by atoms with Crippen molar-refractivity contribution in [3.05, 3.63) is 120 Å². The summed E-state index contributed by atoms with van der Waals surface area (Å²) in [4.78, 5) is 39.2. The maximum Gasteiger partial charge on any atom is 0.271 e. The average molecular weight is 591 g/mol. The van der Waals surface area contributed by atoms with Gasteiger partial charge in [0.1, 0.15) is 11.8 Å². The lowest BCUT2D eigenvalue weighted by Gasteiger charge is -2.29. The van der Waals surface area contributed by atoms with E-state index in [2.05, 4.69) is 36.2 Å². The molecule has 0 spiro atoms. The number of rotatable bonds is 7. The Bertz CT molecular complexity index is 2060. The molecule has 0 bridgehead atoms. The lowest BCUT2D eigenvalue weighted by atomic mass is 9.94. The van der Waals surface area contributed by atoms with Gasteiger partial charge in [0.05, 0.1) is 28.6 Å². The predicted molar refractivity (Wildman–Crippen MR) is 173 cm³/mol. The van der Waals surface area contributed by atoms with Crippen LogP contribution in [0.15, 0.2) is 93.9 Å². The van der Waals surface area contributed by atoms with Gasteiger partial charge in [0.15, 0.2) is 4.80 Å². The average Bonchev–Trinajstić information content (AvgIpc) is 3.55. The first-order chi connectivity index (χ1) is 20.9. The van der Waals surface area contributed by atoms with Crippen LogP contribution in [0.5, 0.6) is 5.75 Å². The summed E-state index contributed by atoms with van der Waals surface area (Å²) in [5.74, 6) is 0.481. The Hall–Kier alpha value is -4.69. The number of nitrogens with zero attached hydrogens (tertiary/aromatic N) is 3. The van der Waals surface area contributed by atoms with E-state index in [1.807, 2.05) is 75.4 Å². The molecule has 5 aromatic rings. The number of hydrogen-bond acceptors (Lipinski definition) is 5. The molecule has 1 aliphatic heterocycles. The highest BCUT2D eigenvalue weighted by Crippen LogP contribution is 2.36. The van der Waals surface area contributed by atoms with Crippen LogP contribution in [0, 0.1) is 6.92 Å². The van der Waals surface area contributed by atoms with Crippen LogP contribution in [0.25, 0.3) is 28.2 Å². The molecule has 218 valence electrons. The SMILES string of the molecule is CCN(CC)C(=O)C1=C(C)N=c2s/c(=C/c3c(-c4ccccc4)[nH]c4c(C)cccc34)c(=O)n2[C@H]1c1ccccc1OC. The molecule has 1 aliphatic rings. The van der Waals surface area contributed by atoms with Crippen LogP contribution in [0.1, 0.15) is 43.5 Å². The molecular formula is C35H34N4O3S. The number of carbonyl (C=O) groups excluding carboxylic acids is 1. The Morgan fingerprint density at radius 3 is 2.47 bits per heavy atom. The number of aromatic amines is 1. The van der Waals surface area contributed by atoms with Crippen molar-refractivity contribution in [2.45, 2.75) is 33.7 Å². The monoisotopic (exact) mass is 590 g/mol. The fourth-order valence-corrected chi connectivity index (χ4v) is 6.99. The van der Waals surface area contributed by atoms with Crippen molar-refractivity contribution in [3.63, 3.8) is 0 Å². The number of aryl methyl sites for hydroxylation is 1. The van der Waals surface area contributed by atoms with E-state index in [0.717, 1.165) is 38.9 Å². The number of fused-ring (bicyclic) bond motifs is 2. The van der Waals surface area contributed by atoms with Crippen LogP contribution >= 0.6 is 11.3 Å². The van der Waals surface area contributed by atoms with Crippen LogP contribution < -0.4 is 19.6 Å². The van der Waals surface area contributed by atoms with E-state index in [1.54, 1.807) is 16.6 Å². The van der Waals surface area contributed by atoms with Gasteiger partial charge in [-0.25, -0.2) is 4.99 Å². The second-order valence-electron chi connectivity index (χ2n) is 10.6. The van der Waals surface area contributed by atoms with Crippen molar-refractivity contribution >= 4 is 34.2 Å². The number of hydrogen-bond donors (Lipinski definition) is 1. The summed E-state index contributed by atoms with van der Waals surface area (Å²) in [6, 6.07) is 23.2. The highest BCUT2D eigenvalue weighted by Gasteiger charge is 2.35. The van der Waals surface area contributed by atoms with Gasteiger partial charge >= 0.3 is 0 Å². The summed E-state index contributed by atoms with van der Waals surface area (Å²) in [5, 5.41) is 1.04. The van der Waals surface area contributed by atoms with Crippen molar-refractivity contribution in [2.24, 2.45) is 4.99 Å². The van der Waals surface area contributed by atoms with Gasteiger partial charge in [-0.05, 0) is 51.0 Å². The number of para-hydroxylation sites is 2. The molecule has 1 N–H and O–H groups in total. The number of carbonyl (C=O) groups is 1.